The van der Waals surface area contributed by atoms with Gasteiger partial charge in [-0.2, -0.15) is 0 Å². The van der Waals surface area contributed by atoms with Crippen molar-refractivity contribution in [2.75, 3.05) is 6.61 Å². The summed E-state index contributed by atoms with van der Waals surface area (Å²) in [6.07, 6.45) is 20.4. The van der Waals surface area contributed by atoms with E-state index in [1.165, 1.54) is 82.6 Å². The summed E-state index contributed by atoms with van der Waals surface area (Å²) in [7, 11) is 0. The van der Waals surface area contributed by atoms with Gasteiger partial charge in [-0.05, 0) is 37.2 Å². The van der Waals surface area contributed by atoms with Crippen molar-refractivity contribution in [1.29, 1.82) is 0 Å². The van der Waals surface area contributed by atoms with Gasteiger partial charge < -0.3 is 4.74 Å². The van der Waals surface area contributed by atoms with Crippen molar-refractivity contribution in [3.05, 3.63) is 42.2 Å². The zero-order chi connectivity index (χ0) is 21.0. The Morgan fingerprint density at radius 1 is 0.800 bits per heavy atom. The van der Waals surface area contributed by atoms with Gasteiger partial charge in [0.15, 0.2) is 11.6 Å². The summed E-state index contributed by atoms with van der Waals surface area (Å²) in [5.41, 5.74) is 2.50. The summed E-state index contributed by atoms with van der Waals surface area (Å²) in [6, 6.07) is 8.80. The summed E-state index contributed by atoms with van der Waals surface area (Å²) < 4.78 is 5.42. The molecule has 1 saturated carbocycles. The number of unbranched alkanes of at least 4 members (excludes halogenated alkanes) is 4. The van der Waals surface area contributed by atoms with Crippen molar-refractivity contribution < 1.29 is 4.74 Å². The highest BCUT2D eigenvalue weighted by Gasteiger charge is 2.20. The maximum atomic E-state index is 5.42. The van der Waals surface area contributed by atoms with E-state index in [4.69, 9.17) is 4.74 Å². The second-order valence-corrected chi connectivity index (χ2v) is 9.00. The van der Waals surface area contributed by atoms with E-state index in [0.717, 1.165) is 29.0 Å². The van der Waals surface area contributed by atoms with E-state index >= 15 is 0 Å². The van der Waals surface area contributed by atoms with E-state index in [0.29, 0.717) is 6.61 Å². The lowest BCUT2D eigenvalue weighted by Crippen LogP contribution is -2.15. The summed E-state index contributed by atoms with van der Waals surface area (Å²) in [5, 5.41) is 0. The van der Waals surface area contributed by atoms with Gasteiger partial charge in [0.05, 0.1) is 19.0 Å². The maximum absolute atomic E-state index is 5.42. The first-order chi connectivity index (χ1) is 14.8. The first-order valence-electron chi connectivity index (χ1n) is 12.3. The number of hydrogen-bond donors (Lipinski definition) is 0. The van der Waals surface area contributed by atoms with Crippen molar-refractivity contribution in [1.82, 2.24) is 9.97 Å². The number of hydrogen-bond acceptors (Lipinski definition) is 3. The standard InChI is InChI=1S/C27H40N2O/c1-3-5-6-7-8-9-22-10-12-23(13-11-22)14-15-24-16-18-25(19-17-24)27-28-20-26(21-29-27)30-4-2/h16-23H,3-15H2,1-2H3. The minimum absolute atomic E-state index is 0.637. The molecule has 30 heavy (non-hydrogen) atoms. The monoisotopic (exact) mass is 408 g/mol. The second-order valence-electron chi connectivity index (χ2n) is 9.00. The summed E-state index contributed by atoms with van der Waals surface area (Å²) in [6.45, 7) is 4.90. The van der Waals surface area contributed by atoms with Crippen LogP contribution in [0.1, 0.15) is 90.0 Å². The van der Waals surface area contributed by atoms with Crippen molar-refractivity contribution >= 4 is 0 Å². The number of rotatable bonds is 12. The number of nitrogens with zero attached hydrogens (tertiary/aromatic N) is 2. The summed E-state index contributed by atoms with van der Waals surface area (Å²) in [4.78, 5) is 8.85. The van der Waals surface area contributed by atoms with Gasteiger partial charge in [0, 0.05) is 5.56 Å². The average molecular weight is 409 g/mol. The van der Waals surface area contributed by atoms with Crippen LogP contribution in [0, 0.1) is 11.8 Å². The minimum atomic E-state index is 0.637. The van der Waals surface area contributed by atoms with E-state index in [1.54, 1.807) is 12.4 Å². The molecular weight excluding hydrogens is 368 g/mol. The molecule has 1 aromatic carbocycles. The Kier molecular flexibility index (Phi) is 9.66. The molecule has 0 bridgehead atoms. The molecule has 164 valence electrons. The Labute approximate surface area is 183 Å². The number of benzene rings is 1. The molecule has 1 heterocycles. The fourth-order valence-electron chi connectivity index (χ4n) is 4.74. The molecule has 0 amide bonds. The Hall–Kier alpha value is -1.90. The van der Waals surface area contributed by atoms with E-state index in [9.17, 15) is 0 Å². The van der Waals surface area contributed by atoms with Crippen molar-refractivity contribution in [2.45, 2.75) is 90.9 Å². The molecule has 1 aliphatic rings. The van der Waals surface area contributed by atoms with Gasteiger partial charge in [-0.3, -0.25) is 0 Å². The van der Waals surface area contributed by atoms with Crippen LogP contribution in [-0.2, 0) is 6.42 Å². The fourth-order valence-corrected chi connectivity index (χ4v) is 4.74. The third kappa shape index (κ3) is 7.41. The normalized spacial score (nSPS) is 19.0. The predicted molar refractivity (Wildman–Crippen MR) is 126 cm³/mol. The van der Waals surface area contributed by atoms with Crippen LogP contribution in [-0.4, -0.2) is 16.6 Å². The van der Waals surface area contributed by atoms with Crippen LogP contribution in [0.2, 0.25) is 0 Å². The van der Waals surface area contributed by atoms with Gasteiger partial charge in [0.2, 0.25) is 0 Å². The number of aryl methyl sites for hydroxylation is 1. The van der Waals surface area contributed by atoms with Crippen LogP contribution in [0.25, 0.3) is 11.4 Å². The zero-order valence-corrected chi connectivity index (χ0v) is 19.1. The van der Waals surface area contributed by atoms with E-state index in [1.807, 2.05) is 6.92 Å². The molecule has 0 unspecified atom stereocenters. The van der Waals surface area contributed by atoms with Crippen LogP contribution >= 0.6 is 0 Å². The Bertz CT molecular complexity index is 703. The Morgan fingerprint density at radius 3 is 2.07 bits per heavy atom. The molecule has 3 rings (SSSR count). The van der Waals surface area contributed by atoms with E-state index < -0.39 is 0 Å². The van der Waals surface area contributed by atoms with Crippen LogP contribution in [0.4, 0.5) is 0 Å². The molecular formula is C27H40N2O. The lowest BCUT2D eigenvalue weighted by molar-refractivity contribution is 0.248. The SMILES string of the molecule is CCCCCCCC1CCC(CCc2ccc(-c3ncc(OCC)cn3)cc2)CC1. The summed E-state index contributed by atoms with van der Waals surface area (Å²) >= 11 is 0. The van der Waals surface area contributed by atoms with Crippen LogP contribution in [0.5, 0.6) is 5.75 Å². The van der Waals surface area contributed by atoms with Crippen LogP contribution < -0.4 is 4.74 Å². The van der Waals surface area contributed by atoms with Gasteiger partial charge in [-0.1, -0.05) is 95.4 Å². The largest absolute Gasteiger partial charge is 0.491 e. The molecule has 0 aliphatic heterocycles. The fraction of sp³-hybridized carbons (Fsp3) is 0.630. The molecule has 0 N–H and O–H groups in total. The molecule has 0 atom stereocenters. The zero-order valence-electron chi connectivity index (χ0n) is 19.1. The third-order valence-corrected chi connectivity index (χ3v) is 6.67. The van der Waals surface area contributed by atoms with Crippen molar-refractivity contribution in [2.24, 2.45) is 11.8 Å². The van der Waals surface area contributed by atoms with Gasteiger partial charge in [0.25, 0.3) is 0 Å². The quantitative estimate of drug-likeness (QED) is 0.338. The molecule has 2 aromatic rings. The number of aromatic nitrogens is 2. The smallest absolute Gasteiger partial charge is 0.159 e. The molecule has 1 aliphatic carbocycles. The molecule has 0 radical (unpaired) electrons. The van der Waals surface area contributed by atoms with E-state index in [2.05, 4.69) is 41.2 Å². The number of ether oxygens (including phenoxy) is 1. The lowest BCUT2D eigenvalue weighted by Gasteiger charge is -2.28. The molecule has 0 spiro atoms. The third-order valence-electron chi connectivity index (χ3n) is 6.67. The van der Waals surface area contributed by atoms with Crippen LogP contribution in [0.15, 0.2) is 36.7 Å². The van der Waals surface area contributed by atoms with E-state index in [-0.39, 0.29) is 0 Å². The first kappa shape index (κ1) is 22.8. The highest BCUT2D eigenvalue weighted by molar-refractivity contribution is 5.55. The molecule has 3 heteroatoms. The second kappa shape index (κ2) is 12.7. The van der Waals surface area contributed by atoms with Gasteiger partial charge in [-0.15, -0.1) is 0 Å². The van der Waals surface area contributed by atoms with Gasteiger partial charge in [0.1, 0.15) is 0 Å². The summed E-state index contributed by atoms with van der Waals surface area (Å²) in [5.74, 6) is 3.42. The molecule has 3 nitrogen and oxygen atoms in total. The Morgan fingerprint density at radius 2 is 1.43 bits per heavy atom. The highest BCUT2D eigenvalue weighted by Crippen LogP contribution is 2.34. The van der Waals surface area contributed by atoms with Crippen molar-refractivity contribution in [3.8, 4) is 17.1 Å². The van der Waals surface area contributed by atoms with Gasteiger partial charge >= 0.3 is 0 Å². The topological polar surface area (TPSA) is 35.0 Å². The predicted octanol–water partition coefficient (Wildman–Crippen LogP) is 7.64. The maximum Gasteiger partial charge on any atom is 0.159 e. The lowest BCUT2D eigenvalue weighted by atomic mass is 9.77. The Balaban J connectivity index is 1.36. The van der Waals surface area contributed by atoms with Gasteiger partial charge in [-0.25, -0.2) is 9.97 Å². The minimum Gasteiger partial charge on any atom is -0.491 e. The molecule has 0 saturated heterocycles. The molecule has 1 aromatic heterocycles. The molecule has 1 fully saturated rings. The van der Waals surface area contributed by atoms with Crippen molar-refractivity contribution in [3.63, 3.8) is 0 Å². The average Bonchev–Trinajstić information content (AvgIpc) is 2.79. The highest BCUT2D eigenvalue weighted by atomic mass is 16.5. The first-order valence-corrected chi connectivity index (χ1v) is 12.3. The van der Waals surface area contributed by atoms with Crippen LogP contribution in [0.3, 0.4) is 0 Å².